The van der Waals surface area contributed by atoms with E-state index in [1.54, 1.807) is 0 Å². The number of nitrogens with zero attached hydrogens (tertiary/aromatic N) is 1. The Hall–Kier alpha value is 0.400. The molecule has 1 saturated heterocycles. The van der Waals surface area contributed by atoms with Crippen LogP contribution in [0.15, 0.2) is 0 Å². The summed E-state index contributed by atoms with van der Waals surface area (Å²) >= 11 is 3.48. The van der Waals surface area contributed by atoms with Crippen LogP contribution in [0.5, 0.6) is 0 Å². The lowest BCUT2D eigenvalue weighted by Crippen LogP contribution is -2.48. The molecule has 84 valence electrons. The smallest absolute Gasteiger partial charge is 0.0674 e. The lowest BCUT2D eigenvalue weighted by atomic mass is 10.1. The van der Waals surface area contributed by atoms with Crippen LogP contribution in [0.25, 0.3) is 0 Å². The molecule has 0 aromatic carbocycles. The van der Waals surface area contributed by atoms with E-state index in [2.05, 4.69) is 34.7 Å². The van der Waals surface area contributed by atoms with E-state index in [1.165, 1.54) is 25.8 Å². The lowest BCUT2D eigenvalue weighted by molar-refractivity contribution is -0.0559. The fraction of sp³-hybridized carbons (Fsp3) is 1.00. The van der Waals surface area contributed by atoms with Gasteiger partial charge in [0.25, 0.3) is 0 Å². The van der Waals surface area contributed by atoms with Gasteiger partial charge < -0.3 is 4.74 Å². The number of morpholine rings is 1. The highest BCUT2D eigenvalue weighted by atomic mass is 79.9. The molecule has 2 atom stereocenters. The SMILES string of the molecule is CCC1COC(C)CN1CCCCBr. The number of hydrogen-bond acceptors (Lipinski definition) is 2. The van der Waals surface area contributed by atoms with Gasteiger partial charge in [-0.05, 0) is 32.7 Å². The van der Waals surface area contributed by atoms with Crippen molar-refractivity contribution in [2.45, 2.75) is 45.3 Å². The van der Waals surface area contributed by atoms with Gasteiger partial charge in [0.15, 0.2) is 0 Å². The number of rotatable bonds is 5. The van der Waals surface area contributed by atoms with Crippen LogP contribution in [0.1, 0.15) is 33.1 Å². The molecular weight excluding hydrogens is 242 g/mol. The Labute approximate surface area is 96.1 Å². The van der Waals surface area contributed by atoms with Crippen molar-refractivity contribution in [1.82, 2.24) is 4.90 Å². The summed E-state index contributed by atoms with van der Waals surface area (Å²) in [6, 6.07) is 0.654. The van der Waals surface area contributed by atoms with Gasteiger partial charge in [-0.1, -0.05) is 22.9 Å². The molecule has 0 N–H and O–H groups in total. The van der Waals surface area contributed by atoms with E-state index >= 15 is 0 Å². The minimum absolute atomic E-state index is 0.418. The number of alkyl halides is 1. The third-order valence-corrected chi connectivity index (χ3v) is 3.44. The molecule has 1 heterocycles. The summed E-state index contributed by atoms with van der Waals surface area (Å²) in [7, 11) is 0. The first-order chi connectivity index (χ1) is 6.77. The summed E-state index contributed by atoms with van der Waals surface area (Å²) in [6.07, 6.45) is 4.21. The summed E-state index contributed by atoms with van der Waals surface area (Å²) in [4.78, 5) is 2.59. The first-order valence-electron chi connectivity index (χ1n) is 5.69. The highest BCUT2D eigenvalue weighted by molar-refractivity contribution is 9.09. The van der Waals surface area contributed by atoms with Gasteiger partial charge in [0.2, 0.25) is 0 Å². The van der Waals surface area contributed by atoms with Gasteiger partial charge in [-0.3, -0.25) is 4.90 Å². The Balaban J connectivity index is 2.29. The summed E-state index contributed by atoms with van der Waals surface area (Å²) in [5.74, 6) is 0. The topological polar surface area (TPSA) is 12.5 Å². The normalized spacial score (nSPS) is 29.4. The second-order valence-corrected chi connectivity index (χ2v) is 4.89. The number of unbranched alkanes of at least 4 members (excludes halogenated alkanes) is 1. The zero-order valence-electron chi connectivity index (χ0n) is 9.34. The third-order valence-electron chi connectivity index (χ3n) is 2.88. The molecule has 1 fully saturated rings. The average molecular weight is 264 g/mol. The van der Waals surface area contributed by atoms with Crippen molar-refractivity contribution in [3.8, 4) is 0 Å². The van der Waals surface area contributed by atoms with Gasteiger partial charge in [0.05, 0.1) is 12.7 Å². The maximum absolute atomic E-state index is 5.67. The first-order valence-corrected chi connectivity index (χ1v) is 6.81. The van der Waals surface area contributed by atoms with Crippen molar-refractivity contribution in [2.24, 2.45) is 0 Å². The Morgan fingerprint density at radius 1 is 1.43 bits per heavy atom. The zero-order chi connectivity index (χ0) is 10.4. The molecule has 0 amide bonds. The number of halogens is 1. The van der Waals surface area contributed by atoms with E-state index in [1.807, 2.05) is 0 Å². The molecule has 2 nitrogen and oxygen atoms in total. The molecule has 0 saturated carbocycles. The largest absolute Gasteiger partial charge is 0.376 e. The monoisotopic (exact) mass is 263 g/mol. The Bertz CT molecular complexity index is 154. The maximum Gasteiger partial charge on any atom is 0.0674 e. The molecule has 0 bridgehead atoms. The molecule has 0 aromatic rings. The Kier molecular flexibility index (Phi) is 6.06. The highest BCUT2D eigenvalue weighted by Gasteiger charge is 2.24. The molecule has 0 aromatic heterocycles. The van der Waals surface area contributed by atoms with Crippen molar-refractivity contribution >= 4 is 15.9 Å². The maximum atomic E-state index is 5.67. The van der Waals surface area contributed by atoms with Crippen molar-refractivity contribution in [3.63, 3.8) is 0 Å². The van der Waals surface area contributed by atoms with E-state index in [4.69, 9.17) is 4.74 Å². The molecular formula is C11H22BrNO. The fourth-order valence-corrected chi connectivity index (χ4v) is 2.37. The van der Waals surface area contributed by atoms with Crippen molar-refractivity contribution in [2.75, 3.05) is 25.0 Å². The van der Waals surface area contributed by atoms with E-state index < -0.39 is 0 Å². The van der Waals surface area contributed by atoms with Crippen molar-refractivity contribution in [3.05, 3.63) is 0 Å². The Morgan fingerprint density at radius 3 is 2.86 bits per heavy atom. The second-order valence-electron chi connectivity index (χ2n) is 4.10. The predicted molar refractivity (Wildman–Crippen MR) is 64.1 cm³/mol. The molecule has 0 spiro atoms. The molecule has 1 rings (SSSR count). The van der Waals surface area contributed by atoms with Gasteiger partial charge in [-0.2, -0.15) is 0 Å². The molecule has 3 heteroatoms. The van der Waals surface area contributed by atoms with Crippen LogP contribution in [0.3, 0.4) is 0 Å². The summed E-state index contributed by atoms with van der Waals surface area (Å²) < 4.78 is 5.67. The van der Waals surface area contributed by atoms with E-state index in [9.17, 15) is 0 Å². The van der Waals surface area contributed by atoms with Gasteiger partial charge in [0.1, 0.15) is 0 Å². The standard InChI is InChI=1S/C11H22BrNO/c1-3-11-9-14-10(2)8-13(11)7-5-4-6-12/h10-11H,3-9H2,1-2H3. The molecule has 1 aliphatic rings. The van der Waals surface area contributed by atoms with Crippen LogP contribution in [0, 0.1) is 0 Å². The number of ether oxygens (including phenoxy) is 1. The van der Waals surface area contributed by atoms with Crippen LogP contribution in [-0.4, -0.2) is 42.1 Å². The molecule has 2 unspecified atom stereocenters. The van der Waals surface area contributed by atoms with E-state index in [0.29, 0.717) is 12.1 Å². The van der Waals surface area contributed by atoms with Crippen LogP contribution in [-0.2, 0) is 4.74 Å². The lowest BCUT2D eigenvalue weighted by Gasteiger charge is -2.38. The molecule has 1 aliphatic heterocycles. The van der Waals surface area contributed by atoms with Gasteiger partial charge in [0, 0.05) is 17.9 Å². The summed E-state index contributed by atoms with van der Waals surface area (Å²) in [5.41, 5.74) is 0. The fourth-order valence-electron chi connectivity index (χ4n) is 1.97. The van der Waals surface area contributed by atoms with Gasteiger partial charge >= 0.3 is 0 Å². The first kappa shape index (κ1) is 12.5. The van der Waals surface area contributed by atoms with Crippen molar-refractivity contribution in [1.29, 1.82) is 0 Å². The van der Waals surface area contributed by atoms with Gasteiger partial charge in [-0.25, -0.2) is 0 Å². The van der Waals surface area contributed by atoms with Crippen LogP contribution < -0.4 is 0 Å². The molecule has 0 radical (unpaired) electrons. The molecule has 0 aliphatic carbocycles. The summed E-state index contributed by atoms with van der Waals surface area (Å²) in [6.45, 7) is 7.69. The minimum atomic E-state index is 0.418. The average Bonchev–Trinajstić information content (AvgIpc) is 2.19. The molecule has 14 heavy (non-hydrogen) atoms. The van der Waals surface area contributed by atoms with Gasteiger partial charge in [-0.15, -0.1) is 0 Å². The summed E-state index contributed by atoms with van der Waals surface area (Å²) in [5, 5.41) is 1.13. The minimum Gasteiger partial charge on any atom is -0.376 e. The van der Waals surface area contributed by atoms with Crippen LogP contribution >= 0.6 is 15.9 Å². The zero-order valence-corrected chi connectivity index (χ0v) is 10.9. The van der Waals surface area contributed by atoms with Crippen molar-refractivity contribution < 1.29 is 4.74 Å². The van der Waals surface area contributed by atoms with E-state index in [0.717, 1.165) is 18.5 Å². The van der Waals surface area contributed by atoms with Crippen LogP contribution in [0.4, 0.5) is 0 Å². The number of hydrogen-bond donors (Lipinski definition) is 0. The van der Waals surface area contributed by atoms with Crippen LogP contribution in [0.2, 0.25) is 0 Å². The third kappa shape index (κ3) is 3.87. The second kappa shape index (κ2) is 6.81. The van der Waals surface area contributed by atoms with E-state index in [-0.39, 0.29) is 0 Å². The predicted octanol–water partition coefficient (Wildman–Crippen LogP) is 2.66. The Morgan fingerprint density at radius 2 is 2.21 bits per heavy atom. The highest BCUT2D eigenvalue weighted by Crippen LogP contribution is 2.15. The quantitative estimate of drug-likeness (QED) is 0.559.